The van der Waals surface area contributed by atoms with Gasteiger partial charge in [-0.2, -0.15) is 5.10 Å². The smallest absolute Gasteiger partial charge is 0.191 e. The number of aliphatic imine (C=N–C) groups is 1. The topological polar surface area (TPSA) is 54.2 Å². The zero-order chi connectivity index (χ0) is 15.8. The summed E-state index contributed by atoms with van der Waals surface area (Å²) >= 11 is 0. The van der Waals surface area contributed by atoms with Crippen LogP contribution in [0.3, 0.4) is 0 Å². The molecule has 1 aromatic rings. The van der Waals surface area contributed by atoms with Crippen LogP contribution in [0.25, 0.3) is 0 Å². The second-order valence-corrected chi connectivity index (χ2v) is 5.94. The number of hydrogen-bond donors (Lipinski definition) is 2. The van der Waals surface area contributed by atoms with Gasteiger partial charge in [-0.15, -0.1) is 0 Å². The lowest BCUT2D eigenvalue weighted by Gasteiger charge is -2.20. The first-order chi connectivity index (χ1) is 9.93. The Kier molecular flexibility index (Phi) is 7.26. The van der Waals surface area contributed by atoms with Crippen LogP contribution in [0, 0.1) is 19.8 Å². The van der Waals surface area contributed by atoms with E-state index in [0.29, 0.717) is 12.0 Å². The van der Waals surface area contributed by atoms with Crippen LogP contribution < -0.4 is 10.6 Å². The van der Waals surface area contributed by atoms with Crippen molar-refractivity contribution in [1.82, 2.24) is 20.4 Å². The van der Waals surface area contributed by atoms with Crippen LogP contribution in [-0.2, 0) is 6.54 Å². The summed E-state index contributed by atoms with van der Waals surface area (Å²) in [7, 11) is 0. The molecule has 0 aliphatic rings. The van der Waals surface area contributed by atoms with Crippen molar-refractivity contribution in [2.75, 3.05) is 13.1 Å². The zero-order valence-electron chi connectivity index (χ0n) is 14.4. The minimum Gasteiger partial charge on any atom is -0.357 e. The molecule has 5 nitrogen and oxygen atoms in total. The first-order valence-electron chi connectivity index (χ1n) is 8.00. The highest BCUT2D eigenvalue weighted by Crippen LogP contribution is 2.03. The molecule has 1 atom stereocenters. The Hall–Kier alpha value is -1.52. The summed E-state index contributed by atoms with van der Waals surface area (Å²) in [5, 5.41) is 11.2. The molecule has 0 aliphatic carbocycles. The van der Waals surface area contributed by atoms with Crippen molar-refractivity contribution in [1.29, 1.82) is 0 Å². The molecule has 0 saturated heterocycles. The average Bonchev–Trinajstić information content (AvgIpc) is 2.73. The summed E-state index contributed by atoms with van der Waals surface area (Å²) in [6, 6.07) is 2.53. The number of hydrogen-bond acceptors (Lipinski definition) is 2. The predicted molar refractivity (Wildman–Crippen MR) is 89.7 cm³/mol. The lowest BCUT2D eigenvalue weighted by molar-refractivity contribution is 0.480. The standard InChI is InChI=1S/C16H31N5/c1-7-17-16(19-15(6)12(2)3)18-9-8-10-21-14(5)11-13(4)20-21/h11-12,15H,7-10H2,1-6H3,(H2,17,18,19). The number of nitrogens with zero attached hydrogens (tertiary/aromatic N) is 3. The van der Waals surface area contributed by atoms with Crippen molar-refractivity contribution >= 4 is 5.96 Å². The van der Waals surface area contributed by atoms with Gasteiger partial charge in [0.15, 0.2) is 5.96 Å². The van der Waals surface area contributed by atoms with Crippen LogP contribution in [0.1, 0.15) is 45.5 Å². The molecule has 120 valence electrons. The molecule has 0 aliphatic heterocycles. The van der Waals surface area contributed by atoms with Gasteiger partial charge in [0.05, 0.1) is 5.69 Å². The SMILES string of the molecule is CCNC(=NCCCn1nc(C)cc1C)NC(C)C(C)C. The van der Waals surface area contributed by atoms with E-state index in [2.05, 4.69) is 66.1 Å². The molecule has 2 N–H and O–H groups in total. The monoisotopic (exact) mass is 293 g/mol. The maximum absolute atomic E-state index is 4.64. The third kappa shape index (κ3) is 6.19. The Labute approximate surface area is 129 Å². The van der Waals surface area contributed by atoms with Gasteiger partial charge in [-0.25, -0.2) is 0 Å². The van der Waals surface area contributed by atoms with Gasteiger partial charge in [0.2, 0.25) is 0 Å². The van der Waals surface area contributed by atoms with Crippen LogP contribution >= 0.6 is 0 Å². The van der Waals surface area contributed by atoms with Gasteiger partial charge in [0.25, 0.3) is 0 Å². The lowest BCUT2D eigenvalue weighted by Crippen LogP contribution is -2.44. The van der Waals surface area contributed by atoms with Crippen LogP contribution in [0.2, 0.25) is 0 Å². The Bertz CT molecular complexity index is 448. The predicted octanol–water partition coefficient (Wildman–Crippen LogP) is 2.49. The summed E-state index contributed by atoms with van der Waals surface area (Å²) in [6.07, 6.45) is 0.995. The van der Waals surface area contributed by atoms with Crippen molar-refractivity contribution in [3.63, 3.8) is 0 Å². The van der Waals surface area contributed by atoms with Crippen LogP contribution in [0.15, 0.2) is 11.1 Å². The Morgan fingerprint density at radius 1 is 1.33 bits per heavy atom. The van der Waals surface area contributed by atoms with Crippen molar-refractivity contribution < 1.29 is 0 Å². The summed E-state index contributed by atoms with van der Waals surface area (Å²) in [6.45, 7) is 15.4. The first kappa shape index (κ1) is 17.5. The zero-order valence-corrected chi connectivity index (χ0v) is 14.4. The molecule has 0 bridgehead atoms. The highest BCUT2D eigenvalue weighted by Gasteiger charge is 2.08. The fourth-order valence-electron chi connectivity index (χ4n) is 2.01. The van der Waals surface area contributed by atoms with Crippen molar-refractivity contribution in [2.24, 2.45) is 10.9 Å². The lowest BCUT2D eigenvalue weighted by atomic mass is 10.1. The molecule has 5 heteroatoms. The molecule has 1 aromatic heterocycles. The number of aromatic nitrogens is 2. The fourth-order valence-corrected chi connectivity index (χ4v) is 2.01. The second-order valence-electron chi connectivity index (χ2n) is 5.94. The summed E-state index contributed by atoms with van der Waals surface area (Å²) in [5.41, 5.74) is 2.30. The van der Waals surface area contributed by atoms with E-state index in [9.17, 15) is 0 Å². The Morgan fingerprint density at radius 2 is 2.05 bits per heavy atom. The molecule has 0 fully saturated rings. The minimum atomic E-state index is 0.416. The number of aryl methyl sites for hydroxylation is 3. The summed E-state index contributed by atoms with van der Waals surface area (Å²) in [4.78, 5) is 4.64. The summed E-state index contributed by atoms with van der Waals surface area (Å²) in [5.74, 6) is 1.50. The third-order valence-electron chi connectivity index (χ3n) is 3.61. The van der Waals surface area contributed by atoms with Crippen molar-refractivity contribution in [2.45, 2.75) is 60.5 Å². The molecule has 0 spiro atoms. The van der Waals surface area contributed by atoms with Crippen molar-refractivity contribution in [3.05, 3.63) is 17.5 Å². The largest absolute Gasteiger partial charge is 0.357 e. The second kappa shape index (κ2) is 8.70. The Balaban J connectivity index is 2.45. The number of guanidine groups is 1. The van der Waals surface area contributed by atoms with E-state index in [1.807, 2.05) is 6.92 Å². The normalized spacial score (nSPS) is 13.6. The molecule has 1 rings (SSSR count). The molecule has 0 radical (unpaired) electrons. The molecule has 1 unspecified atom stereocenters. The molecular formula is C16H31N5. The molecule has 0 aromatic carbocycles. The number of rotatable bonds is 7. The van der Waals surface area contributed by atoms with Gasteiger partial charge in [-0.3, -0.25) is 9.67 Å². The molecular weight excluding hydrogens is 262 g/mol. The van der Waals surface area contributed by atoms with Gasteiger partial charge in [0.1, 0.15) is 0 Å². The van der Waals surface area contributed by atoms with E-state index in [0.717, 1.165) is 37.7 Å². The number of nitrogens with one attached hydrogen (secondary N) is 2. The molecule has 0 amide bonds. The first-order valence-corrected chi connectivity index (χ1v) is 8.00. The van der Waals surface area contributed by atoms with E-state index in [4.69, 9.17) is 0 Å². The molecule has 21 heavy (non-hydrogen) atoms. The van der Waals surface area contributed by atoms with Gasteiger partial charge >= 0.3 is 0 Å². The Morgan fingerprint density at radius 3 is 2.57 bits per heavy atom. The maximum Gasteiger partial charge on any atom is 0.191 e. The molecule has 0 saturated carbocycles. The molecule has 1 heterocycles. The highest BCUT2D eigenvalue weighted by molar-refractivity contribution is 5.80. The van der Waals surface area contributed by atoms with Crippen LogP contribution in [0.5, 0.6) is 0 Å². The van der Waals surface area contributed by atoms with Gasteiger partial charge < -0.3 is 10.6 Å². The van der Waals surface area contributed by atoms with E-state index in [-0.39, 0.29) is 0 Å². The van der Waals surface area contributed by atoms with E-state index >= 15 is 0 Å². The van der Waals surface area contributed by atoms with E-state index < -0.39 is 0 Å². The highest BCUT2D eigenvalue weighted by atomic mass is 15.3. The van der Waals surface area contributed by atoms with Gasteiger partial charge in [-0.05, 0) is 46.1 Å². The third-order valence-corrected chi connectivity index (χ3v) is 3.61. The maximum atomic E-state index is 4.64. The average molecular weight is 293 g/mol. The summed E-state index contributed by atoms with van der Waals surface area (Å²) < 4.78 is 2.06. The van der Waals surface area contributed by atoms with E-state index in [1.54, 1.807) is 0 Å². The van der Waals surface area contributed by atoms with Crippen LogP contribution in [0.4, 0.5) is 0 Å². The van der Waals surface area contributed by atoms with Gasteiger partial charge in [-0.1, -0.05) is 13.8 Å². The van der Waals surface area contributed by atoms with Crippen LogP contribution in [-0.4, -0.2) is 34.9 Å². The van der Waals surface area contributed by atoms with Crippen molar-refractivity contribution in [3.8, 4) is 0 Å². The van der Waals surface area contributed by atoms with Gasteiger partial charge in [0, 0.05) is 31.4 Å². The van der Waals surface area contributed by atoms with E-state index in [1.165, 1.54) is 5.69 Å². The quantitative estimate of drug-likeness (QED) is 0.461. The fraction of sp³-hybridized carbons (Fsp3) is 0.750. The minimum absolute atomic E-state index is 0.416.